The molecule has 10 heavy (non-hydrogen) atoms. The molecule has 0 bridgehead atoms. The highest BCUT2D eigenvalue weighted by molar-refractivity contribution is 5.66. The van der Waals surface area contributed by atoms with Crippen molar-refractivity contribution in [1.29, 1.82) is 0 Å². The van der Waals surface area contributed by atoms with Gasteiger partial charge in [-0.3, -0.25) is 4.99 Å². The monoisotopic (exact) mass is 136 g/mol. The molecular weight excluding hydrogens is 124 g/mol. The van der Waals surface area contributed by atoms with Crippen LogP contribution in [-0.2, 0) is 0 Å². The predicted molar refractivity (Wildman–Crippen MR) is 42.4 cm³/mol. The molecule has 2 heteroatoms. The summed E-state index contributed by atoms with van der Waals surface area (Å²) in [4.78, 5) is 4.24. The summed E-state index contributed by atoms with van der Waals surface area (Å²) in [5.41, 5.74) is 0. The minimum absolute atomic E-state index is 0.527. The topological polar surface area (TPSA) is 24.4 Å². The van der Waals surface area contributed by atoms with Crippen molar-refractivity contribution in [3.05, 3.63) is 12.2 Å². The zero-order valence-corrected chi connectivity index (χ0v) is 5.96. The van der Waals surface area contributed by atoms with Crippen molar-refractivity contribution in [2.24, 2.45) is 10.9 Å². The minimum Gasteiger partial charge on any atom is -0.305 e. The summed E-state index contributed by atoms with van der Waals surface area (Å²) in [5, 5.41) is 3.38. The van der Waals surface area contributed by atoms with Crippen LogP contribution in [0.2, 0.25) is 0 Å². The van der Waals surface area contributed by atoms with E-state index in [0.717, 1.165) is 13.1 Å². The Kier molecular flexibility index (Phi) is 1.55. The van der Waals surface area contributed by atoms with E-state index in [2.05, 4.69) is 28.7 Å². The molecule has 1 N–H and O–H groups in total. The van der Waals surface area contributed by atoms with Gasteiger partial charge in [0.25, 0.3) is 0 Å². The first-order chi connectivity index (χ1) is 4.97. The normalized spacial score (nSPS) is 37.6. The molecule has 0 radical (unpaired) electrons. The number of hydrogen-bond acceptors (Lipinski definition) is 2. The average Bonchev–Trinajstić information content (AvgIpc) is 2.05. The second kappa shape index (κ2) is 2.54. The molecule has 54 valence electrons. The van der Waals surface area contributed by atoms with Crippen molar-refractivity contribution >= 4 is 6.21 Å². The maximum Gasteiger partial charge on any atom is 0.0486 e. The van der Waals surface area contributed by atoms with E-state index >= 15 is 0 Å². The number of nitrogens with one attached hydrogen (secondary N) is 1. The lowest BCUT2D eigenvalue weighted by Crippen LogP contribution is -2.41. The van der Waals surface area contributed by atoms with Crippen LogP contribution in [0, 0.1) is 5.92 Å². The zero-order chi connectivity index (χ0) is 6.81. The lowest BCUT2D eigenvalue weighted by atomic mass is 9.92. The Bertz CT molecular complexity index is 152. The van der Waals surface area contributed by atoms with Crippen molar-refractivity contribution in [1.82, 2.24) is 5.32 Å². The molecule has 0 aromatic carbocycles. The molecule has 0 amide bonds. The molecule has 2 rings (SSSR count). The third-order valence-corrected chi connectivity index (χ3v) is 2.17. The maximum atomic E-state index is 4.24. The van der Waals surface area contributed by atoms with E-state index in [4.69, 9.17) is 0 Å². The average molecular weight is 136 g/mol. The SMILES string of the molecule is C1=CC2CCN=CC2NC1. The van der Waals surface area contributed by atoms with Crippen LogP contribution in [0.4, 0.5) is 0 Å². The largest absolute Gasteiger partial charge is 0.305 e. The first kappa shape index (κ1) is 6.10. The van der Waals surface area contributed by atoms with Gasteiger partial charge in [0.05, 0.1) is 0 Å². The van der Waals surface area contributed by atoms with Crippen LogP contribution < -0.4 is 5.32 Å². The van der Waals surface area contributed by atoms with E-state index in [1.54, 1.807) is 0 Å². The van der Waals surface area contributed by atoms with Gasteiger partial charge in [-0.1, -0.05) is 12.2 Å². The summed E-state index contributed by atoms with van der Waals surface area (Å²) in [6.45, 7) is 2.01. The molecule has 0 saturated heterocycles. The Hall–Kier alpha value is -0.630. The van der Waals surface area contributed by atoms with Gasteiger partial charge in [0.2, 0.25) is 0 Å². The highest BCUT2D eigenvalue weighted by atomic mass is 14.9. The second-order valence-corrected chi connectivity index (χ2v) is 2.87. The highest BCUT2D eigenvalue weighted by Crippen LogP contribution is 2.16. The smallest absolute Gasteiger partial charge is 0.0486 e. The number of fused-ring (bicyclic) bond motifs is 1. The fraction of sp³-hybridized carbons (Fsp3) is 0.625. The number of hydrogen-bond donors (Lipinski definition) is 1. The van der Waals surface area contributed by atoms with Crippen molar-refractivity contribution in [2.75, 3.05) is 13.1 Å². The summed E-state index contributed by atoms with van der Waals surface area (Å²) in [6.07, 6.45) is 7.79. The van der Waals surface area contributed by atoms with Crippen LogP contribution in [0.15, 0.2) is 17.1 Å². The predicted octanol–water partition coefficient (Wildman–Crippen LogP) is 0.605. The molecule has 2 atom stereocenters. The molecule has 2 unspecified atom stereocenters. The highest BCUT2D eigenvalue weighted by Gasteiger charge is 2.20. The van der Waals surface area contributed by atoms with E-state index in [1.165, 1.54) is 6.42 Å². The van der Waals surface area contributed by atoms with Gasteiger partial charge in [-0.05, 0) is 12.3 Å². The van der Waals surface area contributed by atoms with E-state index < -0.39 is 0 Å². The number of rotatable bonds is 0. The van der Waals surface area contributed by atoms with Gasteiger partial charge >= 0.3 is 0 Å². The van der Waals surface area contributed by atoms with Crippen molar-refractivity contribution in [3.63, 3.8) is 0 Å². The fourth-order valence-electron chi connectivity index (χ4n) is 1.57. The van der Waals surface area contributed by atoms with Crippen molar-refractivity contribution in [2.45, 2.75) is 12.5 Å². The van der Waals surface area contributed by atoms with Gasteiger partial charge in [-0.2, -0.15) is 0 Å². The third-order valence-electron chi connectivity index (χ3n) is 2.17. The lowest BCUT2D eigenvalue weighted by molar-refractivity contribution is 0.460. The molecule has 2 aliphatic heterocycles. The second-order valence-electron chi connectivity index (χ2n) is 2.87. The van der Waals surface area contributed by atoms with Crippen LogP contribution in [0.5, 0.6) is 0 Å². The van der Waals surface area contributed by atoms with E-state index in [0.29, 0.717) is 12.0 Å². The summed E-state index contributed by atoms with van der Waals surface area (Å²) < 4.78 is 0. The standard InChI is InChI=1S/C8H12N2/c1-2-7-3-5-9-6-8(7)10-4-1/h1-2,6-8,10H,3-5H2. The van der Waals surface area contributed by atoms with Crippen LogP contribution in [0.3, 0.4) is 0 Å². The zero-order valence-electron chi connectivity index (χ0n) is 5.96. The molecule has 0 fully saturated rings. The molecule has 0 spiro atoms. The van der Waals surface area contributed by atoms with Gasteiger partial charge < -0.3 is 5.32 Å². The molecule has 2 aliphatic rings. The van der Waals surface area contributed by atoms with Crippen LogP contribution >= 0.6 is 0 Å². The molecule has 0 aromatic rings. The summed E-state index contributed by atoms with van der Waals surface area (Å²) >= 11 is 0. The molecule has 0 saturated carbocycles. The molecular formula is C8H12N2. The summed E-state index contributed by atoms with van der Waals surface area (Å²) in [6, 6.07) is 0.527. The van der Waals surface area contributed by atoms with E-state index in [9.17, 15) is 0 Å². The summed E-state index contributed by atoms with van der Waals surface area (Å²) in [5.74, 6) is 0.714. The first-order valence-electron chi connectivity index (χ1n) is 3.87. The van der Waals surface area contributed by atoms with Gasteiger partial charge in [-0.25, -0.2) is 0 Å². The first-order valence-corrected chi connectivity index (χ1v) is 3.87. The van der Waals surface area contributed by atoms with Crippen LogP contribution in [0.1, 0.15) is 6.42 Å². The van der Waals surface area contributed by atoms with Gasteiger partial charge in [0.1, 0.15) is 0 Å². The number of aliphatic imine (C=N–C) groups is 1. The van der Waals surface area contributed by atoms with Crippen LogP contribution in [0.25, 0.3) is 0 Å². The maximum absolute atomic E-state index is 4.24. The molecule has 2 heterocycles. The Morgan fingerprint density at radius 1 is 1.50 bits per heavy atom. The number of nitrogens with zero attached hydrogens (tertiary/aromatic N) is 1. The van der Waals surface area contributed by atoms with E-state index in [1.807, 2.05) is 0 Å². The summed E-state index contributed by atoms with van der Waals surface area (Å²) in [7, 11) is 0. The van der Waals surface area contributed by atoms with Crippen LogP contribution in [-0.4, -0.2) is 25.3 Å². The third kappa shape index (κ3) is 0.991. The van der Waals surface area contributed by atoms with E-state index in [-0.39, 0.29) is 0 Å². The Balaban J connectivity index is 2.14. The molecule has 2 nitrogen and oxygen atoms in total. The van der Waals surface area contributed by atoms with Gasteiger partial charge in [0.15, 0.2) is 0 Å². The van der Waals surface area contributed by atoms with Gasteiger partial charge in [0, 0.05) is 25.3 Å². The van der Waals surface area contributed by atoms with Crippen molar-refractivity contribution in [3.8, 4) is 0 Å². The lowest BCUT2D eigenvalue weighted by Gasteiger charge is -2.27. The quantitative estimate of drug-likeness (QED) is 0.485. The Morgan fingerprint density at radius 3 is 3.40 bits per heavy atom. The Morgan fingerprint density at radius 2 is 2.50 bits per heavy atom. The minimum atomic E-state index is 0.527. The Labute approximate surface area is 61.0 Å². The van der Waals surface area contributed by atoms with Gasteiger partial charge in [-0.15, -0.1) is 0 Å². The van der Waals surface area contributed by atoms with Crippen molar-refractivity contribution < 1.29 is 0 Å². The molecule has 0 aliphatic carbocycles. The fourth-order valence-corrected chi connectivity index (χ4v) is 1.57. The molecule has 0 aromatic heterocycles.